The molecule has 1 aliphatic rings. The number of aliphatic imine (C=N–C) groups is 1. The van der Waals surface area contributed by atoms with Crippen LogP contribution in [0.25, 0.3) is 0 Å². The van der Waals surface area contributed by atoms with E-state index in [2.05, 4.69) is 22.5 Å². The van der Waals surface area contributed by atoms with Crippen molar-refractivity contribution in [1.29, 1.82) is 0 Å². The first-order valence-corrected chi connectivity index (χ1v) is 7.39. The summed E-state index contributed by atoms with van der Waals surface area (Å²) in [4.78, 5) is 4.25. The molecule has 0 bridgehead atoms. The molecule has 0 aromatic heterocycles. The number of halogens is 1. The minimum absolute atomic E-state index is 0. The van der Waals surface area contributed by atoms with Gasteiger partial charge >= 0.3 is 0 Å². The normalized spacial score (nSPS) is 19.4. The predicted molar refractivity (Wildman–Crippen MR) is 102 cm³/mol. The monoisotopic (exact) mass is 435 g/mol. The fourth-order valence-corrected chi connectivity index (χ4v) is 2.32. The quantitative estimate of drug-likeness (QED) is 0.408. The third-order valence-electron chi connectivity index (χ3n) is 3.90. The molecule has 0 saturated heterocycles. The van der Waals surface area contributed by atoms with E-state index in [1.54, 1.807) is 28.4 Å². The molecule has 1 aromatic rings. The lowest BCUT2D eigenvalue weighted by molar-refractivity contribution is 0.368. The number of hydrogen-bond donors (Lipinski definition) is 2. The molecule has 1 saturated carbocycles. The second-order valence-corrected chi connectivity index (χ2v) is 5.40. The van der Waals surface area contributed by atoms with E-state index in [1.807, 2.05) is 12.1 Å². The van der Waals surface area contributed by atoms with Gasteiger partial charge in [-0.25, -0.2) is 0 Å². The molecule has 0 radical (unpaired) electrons. The van der Waals surface area contributed by atoms with Gasteiger partial charge < -0.3 is 24.8 Å². The summed E-state index contributed by atoms with van der Waals surface area (Å²) in [6.07, 6.45) is 1.19. The van der Waals surface area contributed by atoms with Crippen LogP contribution in [0.5, 0.6) is 17.2 Å². The minimum atomic E-state index is 0. The van der Waals surface area contributed by atoms with Crippen LogP contribution in [0.4, 0.5) is 0 Å². The standard InChI is InChI=1S/C16H25N3O3.HI/c1-10-6-13(10)19-16(17-2)18-9-12-14(21-4)7-11(20-3)8-15(12)22-5;/h7-8,10,13H,6,9H2,1-5H3,(H2,17,18,19);1H. The summed E-state index contributed by atoms with van der Waals surface area (Å²) >= 11 is 0. The lowest BCUT2D eigenvalue weighted by Crippen LogP contribution is -2.38. The summed E-state index contributed by atoms with van der Waals surface area (Å²) in [6, 6.07) is 4.21. The Morgan fingerprint density at radius 1 is 1.17 bits per heavy atom. The highest BCUT2D eigenvalue weighted by molar-refractivity contribution is 14.0. The van der Waals surface area contributed by atoms with Crippen molar-refractivity contribution in [2.45, 2.75) is 25.9 Å². The Morgan fingerprint density at radius 3 is 2.13 bits per heavy atom. The minimum Gasteiger partial charge on any atom is -0.496 e. The molecule has 1 aromatic carbocycles. The third kappa shape index (κ3) is 5.05. The smallest absolute Gasteiger partial charge is 0.191 e. The molecule has 0 amide bonds. The molecular weight excluding hydrogens is 409 g/mol. The van der Waals surface area contributed by atoms with Gasteiger partial charge in [-0.2, -0.15) is 0 Å². The van der Waals surface area contributed by atoms with Gasteiger partial charge in [0.15, 0.2) is 5.96 Å². The zero-order chi connectivity index (χ0) is 16.1. The first-order chi connectivity index (χ1) is 10.6. The van der Waals surface area contributed by atoms with E-state index in [0.717, 1.165) is 23.0 Å². The first-order valence-electron chi connectivity index (χ1n) is 7.39. The topological polar surface area (TPSA) is 64.1 Å². The van der Waals surface area contributed by atoms with Crippen LogP contribution in [0.1, 0.15) is 18.9 Å². The largest absolute Gasteiger partial charge is 0.496 e. The summed E-state index contributed by atoms with van der Waals surface area (Å²) < 4.78 is 16.2. The Labute approximate surface area is 155 Å². The maximum atomic E-state index is 5.45. The van der Waals surface area contributed by atoms with Crippen LogP contribution in [0, 0.1) is 5.92 Å². The van der Waals surface area contributed by atoms with E-state index < -0.39 is 0 Å². The Balaban J connectivity index is 0.00000264. The van der Waals surface area contributed by atoms with Gasteiger partial charge in [-0.15, -0.1) is 24.0 Å². The lowest BCUT2D eigenvalue weighted by Gasteiger charge is -2.17. The van der Waals surface area contributed by atoms with Crippen LogP contribution in [0.15, 0.2) is 17.1 Å². The van der Waals surface area contributed by atoms with E-state index in [0.29, 0.717) is 24.3 Å². The van der Waals surface area contributed by atoms with Crippen molar-refractivity contribution in [3.8, 4) is 17.2 Å². The second-order valence-electron chi connectivity index (χ2n) is 5.40. The average molecular weight is 435 g/mol. The van der Waals surface area contributed by atoms with Crippen molar-refractivity contribution in [3.05, 3.63) is 17.7 Å². The van der Waals surface area contributed by atoms with Gasteiger partial charge in [0.1, 0.15) is 17.2 Å². The molecule has 2 unspecified atom stereocenters. The molecule has 1 fully saturated rings. The number of guanidine groups is 1. The van der Waals surface area contributed by atoms with Gasteiger partial charge in [0.25, 0.3) is 0 Å². The number of hydrogen-bond acceptors (Lipinski definition) is 4. The Kier molecular flexibility index (Phi) is 7.74. The highest BCUT2D eigenvalue weighted by atomic mass is 127. The number of methoxy groups -OCH3 is 3. The number of nitrogens with zero attached hydrogens (tertiary/aromatic N) is 1. The molecule has 1 aliphatic carbocycles. The van der Waals surface area contributed by atoms with Crippen LogP contribution < -0.4 is 24.8 Å². The third-order valence-corrected chi connectivity index (χ3v) is 3.90. The number of rotatable bonds is 6. The molecular formula is C16H26IN3O3. The maximum absolute atomic E-state index is 5.45. The number of ether oxygens (including phenoxy) is 3. The maximum Gasteiger partial charge on any atom is 0.191 e. The Morgan fingerprint density at radius 2 is 1.74 bits per heavy atom. The van der Waals surface area contributed by atoms with Gasteiger partial charge in [-0.1, -0.05) is 6.92 Å². The predicted octanol–water partition coefficient (Wildman–Crippen LogP) is 2.40. The van der Waals surface area contributed by atoms with Crippen molar-refractivity contribution >= 4 is 29.9 Å². The van der Waals surface area contributed by atoms with Gasteiger partial charge in [0.2, 0.25) is 0 Å². The highest BCUT2D eigenvalue weighted by Crippen LogP contribution is 2.34. The fourth-order valence-electron chi connectivity index (χ4n) is 2.32. The van der Waals surface area contributed by atoms with Crippen LogP contribution in [-0.2, 0) is 6.54 Å². The molecule has 0 aliphatic heterocycles. The first kappa shape index (κ1) is 19.7. The van der Waals surface area contributed by atoms with Gasteiger partial charge in [-0.3, -0.25) is 4.99 Å². The Hall–Kier alpha value is -1.38. The van der Waals surface area contributed by atoms with E-state index in [-0.39, 0.29) is 24.0 Å². The summed E-state index contributed by atoms with van der Waals surface area (Å²) in [7, 11) is 6.66. The van der Waals surface area contributed by atoms with Gasteiger partial charge in [0, 0.05) is 25.2 Å². The summed E-state index contributed by atoms with van der Waals surface area (Å²) in [5.41, 5.74) is 0.928. The SMILES string of the molecule is CN=C(NCc1c(OC)cc(OC)cc1OC)NC1CC1C.I. The molecule has 0 spiro atoms. The molecule has 2 N–H and O–H groups in total. The molecule has 130 valence electrons. The van der Waals surface area contributed by atoms with E-state index >= 15 is 0 Å². The van der Waals surface area contributed by atoms with Crippen molar-refractivity contribution in [1.82, 2.24) is 10.6 Å². The van der Waals surface area contributed by atoms with Crippen molar-refractivity contribution < 1.29 is 14.2 Å². The van der Waals surface area contributed by atoms with Crippen LogP contribution in [0.3, 0.4) is 0 Å². The second kappa shape index (κ2) is 9.05. The summed E-state index contributed by atoms with van der Waals surface area (Å²) in [6.45, 7) is 2.78. The van der Waals surface area contributed by atoms with Crippen molar-refractivity contribution in [2.24, 2.45) is 10.9 Å². The molecule has 2 rings (SSSR count). The van der Waals surface area contributed by atoms with Crippen LogP contribution in [0.2, 0.25) is 0 Å². The summed E-state index contributed by atoms with van der Waals surface area (Å²) in [5.74, 6) is 3.64. The van der Waals surface area contributed by atoms with E-state index in [4.69, 9.17) is 14.2 Å². The average Bonchev–Trinajstić information content (AvgIpc) is 3.25. The molecule has 7 heteroatoms. The van der Waals surface area contributed by atoms with Crippen LogP contribution in [-0.4, -0.2) is 40.4 Å². The Bertz CT molecular complexity index is 526. The zero-order valence-electron chi connectivity index (χ0n) is 14.3. The van der Waals surface area contributed by atoms with Gasteiger partial charge in [0.05, 0.1) is 33.4 Å². The van der Waals surface area contributed by atoms with Crippen molar-refractivity contribution in [3.63, 3.8) is 0 Å². The summed E-state index contributed by atoms with van der Waals surface area (Å²) in [5, 5.41) is 6.69. The fraction of sp³-hybridized carbons (Fsp3) is 0.562. The van der Waals surface area contributed by atoms with E-state index in [1.165, 1.54) is 6.42 Å². The number of nitrogens with one attached hydrogen (secondary N) is 2. The van der Waals surface area contributed by atoms with E-state index in [9.17, 15) is 0 Å². The number of benzene rings is 1. The van der Waals surface area contributed by atoms with Gasteiger partial charge in [-0.05, 0) is 12.3 Å². The van der Waals surface area contributed by atoms with Crippen molar-refractivity contribution in [2.75, 3.05) is 28.4 Å². The molecule has 23 heavy (non-hydrogen) atoms. The highest BCUT2D eigenvalue weighted by Gasteiger charge is 2.33. The lowest BCUT2D eigenvalue weighted by atomic mass is 10.1. The molecule has 0 heterocycles. The van der Waals surface area contributed by atoms with Crippen LogP contribution >= 0.6 is 24.0 Å². The molecule has 2 atom stereocenters. The zero-order valence-corrected chi connectivity index (χ0v) is 16.6. The molecule has 6 nitrogen and oxygen atoms in total.